The van der Waals surface area contributed by atoms with E-state index in [4.69, 9.17) is 9.47 Å². The third-order valence-corrected chi connectivity index (χ3v) is 5.17. The van der Waals surface area contributed by atoms with E-state index >= 15 is 0 Å². The van der Waals surface area contributed by atoms with Crippen molar-refractivity contribution in [1.82, 2.24) is 15.2 Å². The molecule has 0 saturated carbocycles. The molecule has 6 nitrogen and oxygen atoms in total. The number of amides is 1. The minimum Gasteiger partial charge on any atom is -0.493 e. The van der Waals surface area contributed by atoms with Gasteiger partial charge in [0.1, 0.15) is 6.10 Å². The van der Waals surface area contributed by atoms with Gasteiger partial charge < -0.3 is 19.7 Å². The van der Waals surface area contributed by atoms with Gasteiger partial charge in [-0.25, -0.2) is 0 Å². The van der Waals surface area contributed by atoms with Gasteiger partial charge in [-0.2, -0.15) is 0 Å². The second-order valence-corrected chi connectivity index (χ2v) is 7.41. The first-order chi connectivity index (χ1) is 13.5. The van der Waals surface area contributed by atoms with Crippen molar-refractivity contribution in [2.45, 2.75) is 38.8 Å². The lowest BCUT2D eigenvalue weighted by molar-refractivity contribution is 0.0939. The van der Waals surface area contributed by atoms with Crippen LogP contribution in [0.25, 0.3) is 0 Å². The van der Waals surface area contributed by atoms with Gasteiger partial charge in [-0.3, -0.25) is 9.78 Å². The Morgan fingerprint density at radius 1 is 1.21 bits per heavy atom. The molecule has 2 heterocycles. The van der Waals surface area contributed by atoms with Gasteiger partial charge in [-0.05, 0) is 63.6 Å². The molecule has 1 aliphatic heterocycles. The molecular formula is C22H29N3O3. The summed E-state index contributed by atoms with van der Waals surface area (Å²) in [6, 6.07) is 9.12. The molecule has 1 N–H and O–H groups in total. The average Bonchev–Trinajstić information content (AvgIpc) is 2.70. The molecule has 0 bridgehead atoms. The Bertz CT molecular complexity index is 799. The van der Waals surface area contributed by atoms with E-state index in [1.807, 2.05) is 32.0 Å². The number of hydrogen-bond donors (Lipinski definition) is 1. The van der Waals surface area contributed by atoms with Crippen LogP contribution in [0.5, 0.6) is 11.5 Å². The van der Waals surface area contributed by atoms with Crippen LogP contribution in [0, 0.1) is 6.92 Å². The number of likely N-dealkylation sites (tertiary alicyclic amines) is 1. The van der Waals surface area contributed by atoms with Crippen LogP contribution in [-0.2, 0) is 0 Å². The summed E-state index contributed by atoms with van der Waals surface area (Å²) in [7, 11) is 3.72. The van der Waals surface area contributed by atoms with Crippen molar-refractivity contribution in [2.24, 2.45) is 0 Å². The lowest BCUT2D eigenvalue weighted by Gasteiger charge is -2.29. The molecule has 1 aliphatic rings. The largest absolute Gasteiger partial charge is 0.493 e. The van der Waals surface area contributed by atoms with E-state index in [0.29, 0.717) is 17.1 Å². The zero-order valence-electron chi connectivity index (χ0n) is 17.1. The van der Waals surface area contributed by atoms with Gasteiger partial charge in [0.15, 0.2) is 11.5 Å². The SMILES string of the molecule is COc1cc(C(=O)NC(C)c2ccc(C)nc2)ccc1OC1CCN(C)CC1. The molecule has 3 rings (SSSR count). The number of rotatable bonds is 6. The van der Waals surface area contributed by atoms with E-state index in [2.05, 4.69) is 22.2 Å². The van der Waals surface area contributed by atoms with E-state index in [0.717, 1.165) is 37.2 Å². The van der Waals surface area contributed by atoms with E-state index in [-0.39, 0.29) is 18.1 Å². The molecule has 6 heteroatoms. The third-order valence-electron chi connectivity index (χ3n) is 5.17. The van der Waals surface area contributed by atoms with Gasteiger partial charge in [-0.15, -0.1) is 0 Å². The number of carbonyl (C=O) groups excluding carboxylic acids is 1. The number of pyridine rings is 1. The molecule has 1 aromatic heterocycles. The molecule has 150 valence electrons. The number of carbonyl (C=O) groups is 1. The summed E-state index contributed by atoms with van der Waals surface area (Å²) in [5.41, 5.74) is 2.46. The quantitative estimate of drug-likeness (QED) is 0.829. The van der Waals surface area contributed by atoms with Crippen molar-refractivity contribution in [3.63, 3.8) is 0 Å². The van der Waals surface area contributed by atoms with Crippen molar-refractivity contribution in [3.05, 3.63) is 53.3 Å². The minimum atomic E-state index is -0.155. The van der Waals surface area contributed by atoms with Crippen molar-refractivity contribution in [2.75, 3.05) is 27.2 Å². The maximum Gasteiger partial charge on any atom is 0.251 e. The number of nitrogens with one attached hydrogen (secondary N) is 1. The normalized spacial score (nSPS) is 16.4. The van der Waals surface area contributed by atoms with Crippen molar-refractivity contribution in [3.8, 4) is 11.5 Å². The molecule has 1 amide bonds. The van der Waals surface area contributed by atoms with Gasteiger partial charge >= 0.3 is 0 Å². The lowest BCUT2D eigenvalue weighted by Crippen LogP contribution is -2.35. The lowest BCUT2D eigenvalue weighted by atomic mass is 10.1. The molecular weight excluding hydrogens is 354 g/mol. The number of aromatic nitrogens is 1. The zero-order chi connectivity index (χ0) is 20.1. The molecule has 0 radical (unpaired) electrons. The maximum atomic E-state index is 12.7. The van der Waals surface area contributed by atoms with Gasteiger partial charge in [0.2, 0.25) is 0 Å². The Hall–Kier alpha value is -2.60. The standard InChI is InChI=1S/C22H29N3O3/c1-15-5-6-18(14-23-15)16(2)24-22(26)17-7-8-20(21(13-17)27-4)28-19-9-11-25(3)12-10-19/h5-8,13-14,16,19H,9-12H2,1-4H3,(H,24,26). The van der Waals surface area contributed by atoms with E-state index in [9.17, 15) is 4.79 Å². The molecule has 1 unspecified atom stereocenters. The highest BCUT2D eigenvalue weighted by Crippen LogP contribution is 2.31. The van der Waals surface area contributed by atoms with Gasteiger partial charge in [0.05, 0.1) is 13.2 Å². The van der Waals surface area contributed by atoms with Crippen LogP contribution in [0.3, 0.4) is 0 Å². The highest BCUT2D eigenvalue weighted by Gasteiger charge is 2.20. The predicted octanol–water partition coefficient (Wildman–Crippen LogP) is 3.36. The number of methoxy groups -OCH3 is 1. The molecule has 0 spiro atoms. The predicted molar refractivity (Wildman–Crippen MR) is 109 cm³/mol. The van der Waals surface area contributed by atoms with Crippen LogP contribution in [-0.4, -0.2) is 49.1 Å². The van der Waals surface area contributed by atoms with E-state index < -0.39 is 0 Å². The summed E-state index contributed by atoms with van der Waals surface area (Å²) in [5, 5.41) is 3.01. The average molecular weight is 383 g/mol. The third kappa shape index (κ3) is 5.01. The summed E-state index contributed by atoms with van der Waals surface area (Å²) in [4.78, 5) is 19.3. The first-order valence-electron chi connectivity index (χ1n) is 9.73. The second-order valence-electron chi connectivity index (χ2n) is 7.41. The minimum absolute atomic E-state index is 0.137. The fraction of sp³-hybridized carbons (Fsp3) is 0.455. The smallest absolute Gasteiger partial charge is 0.251 e. The zero-order valence-corrected chi connectivity index (χ0v) is 17.1. The Morgan fingerprint density at radius 2 is 1.96 bits per heavy atom. The van der Waals surface area contributed by atoms with Crippen LogP contribution in [0.1, 0.15) is 47.4 Å². The fourth-order valence-electron chi connectivity index (χ4n) is 3.29. The van der Waals surface area contributed by atoms with E-state index in [1.54, 1.807) is 25.4 Å². The highest BCUT2D eigenvalue weighted by molar-refractivity contribution is 5.95. The molecule has 28 heavy (non-hydrogen) atoms. The summed E-state index contributed by atoms with van der Waals surface area (Å²) in [6.07, 6.45) is 3.95. The van der Waals surface area contributed by atoms with Gasteiger partial charge in [0, 0.05) is 30.5 Å². The Balaban J connectivity index is 1.66. The Kier molecular flexibility index (Phi) is 6.52. The van der Waals surface area contributed by atoms with Gasteiger partial charge in [-0.1, -0.05) is 6.07 Å². The summed E-state index contributed by atoms with van der Waals surface area (Å²) < 4.78 is 11.6. The number of aryl methyl sites for hydroxylation is 1. The molecule has 1 fully saturated rings. The number of nitrogens with zero attached hydrogens (tertiary/aromatic N) is 2. The van der Waals surface area contributed by atoms with Crippen LogP contribution in [0.2, 0.25) is 0 Å². The van der Waals surface area contributed by atoms with Crippen LogP contribution in [0.15, 0.2) is 36.5 Å². The number of piperidine rings is 1. The van der Waals surface area contributed by atoms with Crippen LogP contribution >= 0.6 is 0 Å². The van der Waals surface area contributed by atoms with Crippen molar-refractivity contribution in [1.29, 1.82) is 0 Å². The number of benzene rings is 1. The van der Waals surface area contributed by atoms with Crippen LogP contribution < -0.4 is 14.8 Å². The number of ether oxygens (including phenoxy) is 2. The molecule has 1 aromatic carbocycles. The molecule has 0 aliphatic carbocycles. The van der Waals surface area contributed by atoms with Crippen molar-refractivity contribution >= 4 is 5.91 Å². The number of hydrogen-bond acceptors (Lipinski definition) is 5. The summed E-state index contributed by atoms with van der Waals surface area (Å²) >= 11 is 0. The fourth-order valence-corrected chi connectivity index (χ4v) is 3.29. The Labute approximate surface area is 166 Å². The topological polar surface area (TPSA) is 63.7 Å². The monoisotopic (exact) mass is 383 g/mol. The van der Waals surface area contributed by atoms with Crippen molar-refractivity contribution < 1.29 is 14.3 Å². The molecule has 2 aromatic rings. The molecule has 1 atom stereocenters. The Morgan fingerprint density at radius 3 is 2.61 bits per heavy atom. The van der Waals surface area contributed by atoms with Gasteiger partial charge in [0.25, 0.3) is 5.91 Å². The highest BCUT2D eigenvalue weighted by atomic mass is 16.5. The molecule has 1 saturated heterocycles. The summed E-state index contributed by atoms with van der Waals surface area (Å²) in [6.45, 7) is 5.94. The first-order valence-corrected chi connectivity index (χ1v) is 9.73. The summed E-state index contributed by atoms with van der Waals surface area (Å²) in [5.74, 6) is 1.11. The van der Waals surface area contributed by atoms with Crippen LogP contribution in [0.4, 0.5) is 0 Å². The maximum absolute atomic E-state index is 12.7. The van der Waals surface area contributed by atoms with E-state index in [1.165, 1.54) is 0 Å². The first kappa shape index (κ1) is 20.1. The second kappa shape index (κ2) is 9.06.